The largest absolute Gasteiger partial charge is 0.338 e. The van der Waals surface area contributed by atoms with E-state index in [1.54, 1.807) is 6.20 Å². The first-order chi connectivity index (χ1) is 12.0. The number of amides is 1. The highest BCUT2D eigenvalue weighted by molar-refractivity contribution is 5.95. The molecule has 0 radical (unpaired) electrons. The Morgan fingerprint density at radius 2 is 1.92 bits per heavy atom. The molecule has 7 heteroatoms. The number of nitrogens with zero attached hydrogens (tertiary/aromatic N) is 5. The van der Waals surface area contributed by atoms with Crippen molar-refractivity contribution in [3.63, 3.8) is 0 Å². The number of hydrogen-bond acceptors (Lipinski definition) is 6. The van der Waals surface area contributed by atoms with E-state index in [9.17, 15) is 4.79 Å². The average molecular weight is 344 g/mol. The van der Waals surface area contributed by atoms with Crippen LogP contribution in [0.5, 0.6) is 0 Å². The summed E-state index contributed by atoms with van der Waals surface area (Å²) >= 11 is 0. The van der Waals surface area contributed by atoms with E-state index in [4.69, 9.17) is 5.73 Å². The predicted octanol–water partition coefficient (Wildman–Crippen LogP) is 0.346. The van der Waals surface area contributed by atoms with E-state index in [-0.39, 0.29) is 11.9 Å². The molecule has 25 heavy (non-hydrogen) atoms. The van der Waals surface area contributed by atoms with Gasteiger partial charge in [-0.3, -0.25) is 4.79 Å². The Labute approximate surface area is 149 Å². The fraction of sp³-hybridized carbons (Fsp3) is 0.722. The van der Waals surface area contributed by atoms with Gasteiger partial charge in [-0.15, -0.1) is 0 Å². The number of carbonyl (C=O) groups is 1. The smallest absolute Gasteiger partial charge is 0.257 e. The van der Waals surface area contributed by atoms with Crippen molar-refractivity contribution in [2.45, 2.75) is 25.8 Å². The number of piperazine rings is 1. The fourth-order valence-corrected chi connectivity index (χ4v) is 4.04. The van der Waals surface area contributed by atoms with Gasteiger partial charge < -0.3 is 20.4 Å². The number of hydrogen-bond donors (Lipinski definition) is 1. The lowest BCUT2D eigenvalue weighted by Crippen LogP contribution is -2.45. The molecule has 0 unspecified atom stereocenters. The Morgan fingerprint density at radius 3 is 2.56 bits per heavy atom. The molecule has 1 aromatic rings. The van der Waals surface area contributed by atoms with Gasteiger partial charge in [0.2, 0.25) is 5.95 Å². The van der Waals surface area contributed by atoms with Crippen molar-refractivity contribution < 1.29 is 4.79 Å². The third-order valence-electron chi connectivity index (χ3n) is 5.91. The lowest BCUT2D eigenvalue weighted by Gasteiger charge is -2.32. The molecule has 2 N–H and O–H groups in total. The standard InChI is InChI=1S/C18H28N6O/c1-12-14(9-20-18(21-12)23-7-5-22(2)6-8-23)17(25)24-10-15(13-3-4-13)16(19)11-24/h9,13,15-16H,3-8,10-11,19H2,1-2H3/t15-,16+/m1/s1. The van der Waals surface area contributed by atoms with Crippen LogP contribution in [0.3, 0.4) is 0 Å². The first-order valence-corrected chi connectivity index (χ1v) is 9.35. The van der Waals surface area contributed by atoms with E-state index in [1.165, 1.54) is 12.8 Å². The maximum absolute atomic E-state index is 12.9. The first kappa shape index (κ1) is 16.7. The zero-order valence-corrected chi connectivity index (χ0v) is 15.2. The van der Waals surface area contributed by atoms with E-state index in [0.717, 1.165) is 50.3 Å². The van der Waals surface area contributed by atoms with Gasteiger partial charge in [0.25, 0.3) is 5.91 Å². The number of anilines is 1. The Morgan fingerprint density at radius 1 is 1.20 bits per heavy atom. The second kappa shape index (κ2) is 6.53. The molecule has 2 aliphatic heterocycles. The van der Waals surface area contributed by atoms with E-state index < -0.39 is 0 Å². The van der Waals surface area contributed by atoms with Crippen molar-refractivity contribution in [1.29, 1.82) is 0 Å². The molecule has 1 saturated carbocycles. The molecule has 3 fully saturated rings. The number of aryl methyl sites for hydroxylation is 1. The third kappa shape index (κ3) is 3.35. The molecule has 0 bridgehead atoms. The maximum Gasteiger partial charge on any atom is 0.257 e. The summed E-state index contributed by atoms with van der Waals surface area (Å²) in [7, 11) is 2.13. The monoisotopic (exact) mass is 344 g/mol. The van der Waals surface area contributed by atoms with Crippen molar-refractivity contribution in [3.05, 3.63) is 17.5 Å². The second-order valence-corrected chi connectivity index (χ2v) is 7.83. The summed E-state index contributed by atoms with van der Waals surface area (Å²) in [5, 5.41) is 0. The summed E-state index contributed by atoms with van der Waals surface area (Å²) in [5.74, 6) is 1.96. The Hall–Kier alpha value is -1.73. The minimum atomic E-state index is 0.0287. The number of aromatic nitrogens is 2. The van der Waals surface area contributed by atoms with Crippen LogP contribution < -0.4 is 10.6 Å². The van der Waals surface area contributed by atoms with Crippen LogP contribution in [0.1, 0.15) is 28.9 Å². The van der Waals surface area contributed by atoms with Crippen LogP contribution in [0.15, 0.2) is 6.20 Å². The van der Waals surface area contributed by atoms with Gasteiger partial charge in [0.1, 0.15) is 0 Å². The highest BCUT2D eigenvalue weighted by atomic mass is 16.2. The lowest BCUT2D eigenvalue weighted by molar-refractivity contribution is 0.0783. The summed E-state index contributed by atoms with van der Waals surface area (Å²) in [6, 6.07) is 0.113. The number of likely N-dealkylation sites (tertiary alicyclic amines) is 1. The number of rotatable bonds is 3. The average Bonchev–Trinajstić information content (AvgIpc) is 3.37. The molecule has 3 aliphatic rings. The zero-order chi connectivity index (χ0) is 17.6. The van der Waals surface area contributed by atoms with Gasteiger partial charge in [0.05, 0.1) is 11.3 Å². The number of carbonyl (C=O) groups excluding carboxylic acids is 1. The highest BCUT2D eigenvalue weighted by Crippen LogP contribution is 2.41. The van der Waals surface area contributed by atoms with Crippen molar-refractivity contribution >= 4 is 11.9 Å². The molecule has 2 atom stereocenters. The van der Waals surface area contributed by atoms with Crippen LogP contribution >= 0.6 is 0 Å². The van der Waals surface area contributed by atoms with Gasteiger partial charge in [-0.25, -0.2) is 9.97 Å². The SMILES string of the molecule is Cc1nc(N2CCN(C)CC2)ncc1C(=O)N1C[C@H](C2CC2)[C@@H](N)C1. The van der Waals surface area contributed by atoms with E-state index >= 15 is 0 Å². The normalized spacial score (nSPS) is 27.8. The molecular formula is C18H28N6O. The van der Waals surface area contributed by atoms with E-state index in [1.807, 2.05) is 11.8 Å². The van der Waals surface area contributed by atoms with Crippen LogP contribution in [-0.4, -0.2) is 78.0 Å². The molecule has 0 aromatic carbocycles. The van der Waals surface area contributed by atoms with Crippen molar-refractivity contribution in [2.24, 2.45) is 17.6 Å². The Balaban J connectivity index is 1.46. The molecule has 3 heterocycles. The number of likely N-dealkylation sites (N-methyl/N-ethyl adjacent to an activating group) is 1. The molecular weight excluding hydrogens is 316 g/mol. The molecule has 136 valence electrons. The van der Waals surface area contributed by atoms with Gasteiger partial charge in [-0.05, 0) is 38.6 Å². The van der Waals surface area contributed by atoms with Gasteiger partial charge >= 0.3 is 0 Å². The topological polar surface area (TPSA) is 78.6 Å². The van der Waals surface area contributed by atoms with Crippen molar-refractivity contribution in [3.8, 4) is 0 Å². The first-order valence-electron chi connectivity index (χ1n) is 9.35. The summed E-state index contributed by atoms with van der Waals surface area (Å²) in [6.45, 7) is 7.21. The molecule has 2 saturated heterocycles. The predicted molar refractivity (Wildman–Crippen MR) is 96.6 cm³/mol. The Kier molecular flexibility index (Phi) is 4.37. The minimum absolute atomic E-state index is 0.0287. The van der Waals surface area contributed by atoms with Crippen molar-refractivity contribution in [1.82, 2.24) is 19.8 Å². The van der Waals surface area contributed by atoms with Crippen LogP contribution in [0, 0.1) is 18.8 Å². The van der Waals surface area contributed by atoms with Crippen LogP contribution in [-0.2, 0) is 0 Å². The fourth-order valence-electron chi connectivity index (χ4n) is 4.04. The number of nitrogens with two attached hydrogens (primary N) is 1. The van der Waals surface area contributed by atoms with Crippen LogP contribution in [0.2, 0.25) is 0 Å². The van der Waals surface area contributed by atoms with E-state index in [2.05, 4.69) is 26.8 Å². The van der Waals surface area contributed by atoms with Crippen LogP contribution in [0.4, 0.5) is 5.95 Å². The van der Waals surface area contributed by atoms with Gasteiger partial charge in [-0.1, -0.05) is 0 Å². The highest BCUT2D eigenvalue weighted by Gasteiger charge is 2.42. The zero-order valence-electron chi connectivity index (χ0n) is 15.2. The van der Waals surface area contributed by atoms with Gasteiger partial charge in [-0.2, -0.15) is 0 Å². The van der Waals surface area contributed by atoms with Crippen molar-refractivity contribution in [2.75, 3.05) is 51.2 Å². The maximum atomic E-state index is 12.9. The molecule has 7 nitrogen and oxygen atoms in total. The molecule has 1 aromatic heterocycles. The summed E-state index contributed by atoms with van der Waals surface area (Å²) in [4.78, 5) is 28.4. The van der Waals surface area contributed by atoms with Gasteiger partial charge in [0, 0.05) is 51.5 Å². The molecule has 1 aliphatic carbocycles. The summed E-state index contributed by atoms with van der Waals surface area (Å²) in [6.07, 6.45) is 4.23. The Bertz CT molecular complexity index is 653. The molecule has 4 rings (SSSR count). The second-order valence-electron chi connectivity index (χ2n) is 7.83. The third-order valence-corrected chi connectivity index (χ3v) is 5.91. The molecule has 0 spiro atoms. The lowest BCUT2D eigenvalue weighted by atomic mass is 9.99. The van der Waals surface area contributed by atoms with Gasteiger partial charge in [0.15, 0.2) is 0 Å². The summed E-state index contributed by atoms with van der Waals surface area (Å²) in [5.41, 5.74) is 7.64. The quantitative estimate of drug-likeness (QED) is 0.852. The molecule has 1 amide bonds. The van der Waals surface area contributed by atoms with Crippen LogP contribution in [0.25, 0.3) is 0 Å². The summed E-state index contributed by atoms with van der Waals surface area (Å²) < 4.78 is 0. The minimum Gasteiger partial charge on any atom is -0.338 e. The van der Waals surface area contributed by atoms with E-state index in [0.29, 0.717) is 18.0 Å².